The summed E-state index contributed by atoms with van der Waals surface area (Å²) in [5.74, 6) is -0.314. The number of aryl methyl sites for hydroxylation is 1. The molecule has 0 fully saturated rings. The molecule has 66 valence electrons. The molecule has 0 atom stereocenters. The van der Waals surface area contributed by atoms with E-state index in [1.54, 1.807) is 6.07 Å². The second kappa shape index (κ2) is 3.58. The van der Waals surface area contributed by atoms with E-state index in [1.807, 2.05) is 6.92 Å². The van der Waals surface area contributed by atoms with Gasteiger partial charge in [0.2, 0.25) is 0 Å². The average Bonchev–Trinajstić information content (AvgIpc) is 2.45. The Bertz CT molecular complexity index is 293. The maximum Gasteiger partial charge on any atom is 0.348 e. The number of hydrogen-bond acceptors (Lipinski definition) is 4. The van der Waals surface area contributed by atoms with Crippen LogP contribution in [-0.2, 0) is 11.2 Å². The number of nitrogen functional groups attached to an aromatic ring is 1. The molecule has 2 N–H and O–H groups in total. The monoisotopic (exact) mass is 185 g/mol. The van der Waals surface area contributed by atoms with E-state index in [9.17, 15) is 4.79 Å². The Balaban J connectivity index is 2.96. The van der Waals surface area contributed by atoms with E-state index in [4.69, 9.17) is 5.73 Å². The van der Waals surface area contributed by atoms with Crippen molar-refractivity contribution in [1.82, 2.24) is 0 Å². The largest absolute Gasteiger partial charge is 0.465 e. The Morgan fingerprint density at radius 3 is 2.83 bits per heavy atom. The van der Waals surface area contributed by atoms with Crippen molar-refractivity contribution < 1.29 is 9.53 Å². The summed E-state index contributed by atoms with van der Waals surface area (Å²) < 4.78 is 4.57. The normalized spacial score (nSPS) is 9.83. The first kappa shape index (κ1) is 9.06. The Labute approximate surface area is 75.1 Å². The third-order valence-electron chi connectivity index (χ3n) is 1.61. The van der Waals surface area contributed by atoms with Crippen LogP contribution < -0.4 is 5.73 Å². The number of rotatable bonds is 2. The summed E-state index contributed by atoms with van der Waals surface area (Å²) in [6, 6.07) is 1.78. The molecule has 0 aliphatic carbocycles. The lowest BCUT2D eigenvalue weighted by atomic mass is 10.2. The Kier molecular flexibility index (Phi) is 2.70. The molecule has 1 aromatic heterocycles. The molecule has 3 nitrogen and oxygen atoms in total. The minimum absolute atomic E-state index is 0.314. The highest BCUT2D eigenvalue weighted by Gasteiger charge is 2.11. The SMILES string of the molecule is CCc1cc(C(=O)OC)sc1N. The number of thiophene rings is 1. The van der Waals surface area contributed by atoms with Crippen LogP contribution in [-0.4, -0.2) is 13.1 Å². The fraction of sp³-hybridized carbons (Fsp3) is 0.375. The quantitative estimate of drug-likeness (QED) is 0.713. The van der Waals surface area contributed by atoms with Crippen molar-refractivity contribution in [1.29, 1.82) is 0 Å². The van der Waals surface area contributed by atoms with Crippen molar-refractivity contribution in [2.75, 3.05) is 12.8 Å². The first-order chi connectivity index (χ1) is 5.69. The predicted octanol–water partition coefficient (Wildman–Crippen LogP) is 1.68. The van der Waals surface area contributed by atoms with Gasteiger partial charge < -0.3 is 10.5 Å². The highest BCUT2D eigenvalue weighted by Crippen LogP contribution is 2.25. The van der Waals surface area contributed by atoms with Crippen molar-refractivity contribution in [3.63, 3.8) is 0 Å². The van der Waals surface area contributed by atoms with Crippen LogP contribution in [0.2, 0.25) is 0 Å². The van der Waals surface area contributed by atoms with E-state index >= 15 is 0 Å². The maximum atomic E-state index is 11.0. The van der Waals surface area contributed by atoms with E-state index in [-0.39, 0.29) is 5.97 Å². The molecule has 0 saturated heterocycles. The molecule has 4 heteroatoms. The standard InChI is InChI=1S/C8H11NO2S/c1-3-5-4-6(8(10)11-2)12-7(5)9/h4H,3,9H2,1-2H3. The molecular formula is C8H11NO2S. The first-order valence-electron chi connectivity index (χ1n) is 3.65. The van der Waals surface area contributed by atoms with Crippen LogP contribution >= 0.6 is 11.3 Å². The molecule has 1 rings (SSSR count). The summed E-state index contributed by atoms with van der Waals surface area (Å²) in [7, 11) is 1.36. The number of carbonyl (C=O) groups excluding carboxylic acids is 1. The summed E-state index contributed by atoms with van der Waals surface area (Å²) in [6.45, 7) is 2.00. The predicted molar refractivity (Wildman–Crippen MR) is 49.4 cm³/mol. The van der Waals surface area contributed by atoms with E-state index in [2.05, 4.69) is 4.74 Å². The number of hydrogen-bond donors (Lipinski definition) is 1. The minimum Gasteiger partial charge on any atom is -0.465 e. The molecule has 0 bridgehead atoms. The third kappa shape index (κ3) is 1.58. The zero-order valence-corrected chi connectivity index (χ0v) is 7.90. The lowest BCUT2D eigenvalue weighted by Gasteiger charge is -1.90. The van der Waals surface area contributed by atoms with Gasteiger partial charge in [-0.05, 0) is 18.1 Å². The van der Waals surface area contributed by atoms with Gasteiger partial charge in [0.25, 0.3) is 0 Å². The van der Waals surface area contributed by atoms with Gasteiger partial charge in [-0.2, -0.15) is 0 Å². The number of anilines is 1. The zero-order valence-electron chi connectivity index (χ0n) is 7.09. The molecule has 0 aliphatic heterocycles. The fourth-order valence-corrected chi connectivity index (χ4v) is 1.86. The smallest absolute Gasteiger partial charge is 0.348 e. The van der Waals surface area contributed by atoms with Crippen molar-refractivity contribution >= 4 is 22.3 Å². The molecule has 0 aromatic carbocycles. The van der Waals surface area contributed by atoms with Crippen LogP contribution in [0.25, 0.3) is 0 Å². The Morgan fingerprint density at radius 1 is 1.75 bits per heavy atom. The van der Waals surface area contributed by atoms with Crippen LogP contribution in [0.5, 0.6) is 0 Å². The Morgan fingerprint density at radius 2 is 2.42 bits per heavy atom. The third-order valence-corrected chi connectivity index (χ3v) is 2.60. The van der Waals surface area contributed by atoms with Gasteiger partial charge in [-0.3, -0.25) is 0 Å². The van der Waals surface area contributed by atoms with Crippen molar-refractivity contribution in [2.24, 2.45) is 0 Å². The fourth-order valence-electron chi connectivity index (χ4n) is 0.920. The van der Waals surface area contributed by atoms with Crippen LogP contribution in [0.1, 0.15) is 22.2 Å². The van der Waals surface area contributed by atoms with Gasteiger partial charge >= 0.3 is 5.97 Å². The molecule has 0 radical (unpaired) electrons. The van der Waals surface area contributed by atoms with E-state index in [0.717, 1.165) is 12.0 Å². The minimum atomic E-state index is -0.314. The topological polar surface area (TPSA) is 52.3 Å². The molecule has 0 unspecified atom stereocenters. The van der Waals surface area contributed by atoms with Crippen molar-refractivity contribution in [2.45, 2.75) is 13.3 Å². The summed E-state index contributed by atoms with van der Waals surface area (Å²) >= 11 is 1.27. The molecule has 1 aromatic rings. The summed E-state index contributed by atoms with van der Waals surface area (Å²) in [5.41, 5.74) is 6.67. The highest BCUT2D eigenvalue weighted by molar-refractivity contribution is 7.17. The number of nitrogens with two attached hydrogens (primary N) is 1. The highest BCUT2D eigenvalue weighted by atomic mass is 32.1. The lowest BCUT2D eigenvalue weighted by molar-refractivity contribution is 0.0606. The van der Waals surface area contributed by atoms with Gasteiger partial charge in [0.05, 0.1) is 12.1 Å². The van der Waals surface area contributed by atoms with Crippen LogP contribution in [0.3, 0.4) is 0 Å². The second-order valence-electron chi connectivity index (χ2n) is 2.35. The molecular weight excluding hydrogens is 174 g/mol. The lowest BCUT2D eigenvalue weighted by Crippen LogP contribution is -1.96. The van der Waals surface area contributed by atoms with E-state index in [1.165, 1.54) is 18.4 Å². The second-order valence-corrected chi connectivity index (χ2v) is 3.43. The molecule has 0 amide bonds. The van der Waals surface area contributed by atoms with Crippen LogP contribution in [0.4, 0.5) is 5.00 Å². The van der Waals surface area contributed by atoms with Crippen molar-refractivity contribution in [3.05, 3.63) is 16.5 Å². The zero-order chi connectivity index (χ0) is 9.14. The van der Waals surface area contributed by atoms with Crippen LogP contribution in [0.15, 0.2) is 6.07 Å². The Hall–Kier alpha value is -1.03. The number of methoxy groups -OCH3 is 1. The number of carbonyl (C=O) groups is 1. The molecule has 0 aliphatic rings. The molecule has 12 heavy (non-hydrogen) atoms. The number of ether oxygens (including phenoxy) is 1. The van der Waals surface area contributed by atoms with E-state index in [0.29, 0.717) is 9.88 Å². The summed E-state index contributed by atoms with van der Waals surface area (Å²) in [4.78, 5) is 11.6. The van der Waals surface area contributed by atoms with Gasteiger partial charge in [0.15, 0.2) is 0 Å². The van der Waals surface area contributed by atoms with Gasteiger partial charge in [-0.1, -0.05) is 6.92 Å². The van der Waals surface area contributed by atoms with Gasteiger partial charge in [-0.15, -0.1) is 11.3 Å². The first-order valence-corrected chi connectivity index (χ1v) is 4.47. The van der Waals surface area contributed by atoms with Gasteiger partial charge in [0, 0.05) is 0 Å². The maximum absolute atomic E-state index is 11.0. The van der Waals surface area contributed by atoms with E-state index < -0.39 is 0 Å². The average molecular weight is 185 g/mol. The summed E-state index contributed by atoms with van der Waals surface area (Å²) in [5, 5.41) is 0.706. The molecule has 0 saturated carbocycles. The van der Waals surface area contributed by atoms with Gasteiger partial charge in [0.1, 0.15) is 4.88 Å². The summed E-state index contributed by atoms with van der Waals surface area (Å²) in [6.07, 6.45) is 0.847. The van der Waals surface area contributed by atoms with Gasteiger partial charge in [-0.25, -0.2) is 4.79 Å². The number of esters is 1. The molecule has 1 heterocycles. The van der Waals surface area contributed by atoms with Crippen molar-refractivity contribution in [3.8, 4) is 0 Å². The van der Waals surface area contributed by atoms with Crippen LogP contribution in [0, 0.1) is 0 Å². The molecule has 0 spiro atoms.